The van der Waals surface area contributed by atoms with Gasteiger partial charge >= 0.3 is 0 Å². The maximum absolute atomic E-state index is 13.9. The van der Waals surface area contributed by atoms with E-state index in [0.717, 1.165) is 0 Å². The van der Waals surface area contributed by atoms with Gasteiger partial charge in [0.15, 0.2) is 5.82 Å². The van der Waals surface area contributed by atoms with Crippen LogP contribution in [0.3, 0.4) is 0 Å². The SMILES string of the molecule is Cc1cc(NC(=O)CN(C(=O)c2ccccc2F)C(C)(C)C)no1. The molecular formula is C17H20FN3O3. The first-order valence-electron chi connectivity index (χ1n) is 7.48. The number of nitrogens with zero attached hydrogens (tertiary/aromatic N) is 2. The molecule has 0 fully saturated rings. The van der Waals surface area contributed by atoms with Crippen LogP contribution < -0.4 is 5.32 Å². The molecular weight excluding hydrogens is 313 g/mol. The van der Waals surface area contributed by atoms with Crippen LogP contribution in [0.5, 0.6) is 0 Å². The molecule has 1 N–H and O–H groups in total. The van der Waals surface area contributed by atoms with E-state index in [4.69, 9.17) is 4.52 Å². The van der Waals surface area contributed by atoms with Crippen molar-refractivity contribution in [2.45, 2.75) is 33.2 Å². The molecule has 0 atom stereocenters. The summed E-state index contributed by atoms with van der Waals surface area (Å²) < 4.78 is 18.8. The predicted octanol–water partition coefficient (Wildman–Crippen LogP) is 3.00. The van der Waals surface area contributed by atoms with Crippen LogP contribution in [-0.2, 0) is 4.79 Å². The summed E-state index contributed by atoms with van der Waals surface area (Å²) in [5.41, 5.74) is -0.742. The van der Waals surface area contributed by atoms with Crippen molar-refractivity contribution in [3.8, 4) is 0 Å². The summed E-state index contributed by atoms with van der Waals surface area (Å²) in [6, 6.07) is 7.27. The molecule has 0 spiro atoms. The van der Waals surface area contributed by atoms with Gasteiger partial charge < -0.3 is 14.7 Å². The topological polar surface area (TPSA) is 75.4 Å². The van der Waals surface area contributed by atoms with Crippen molar-refractivity contribution in [2.75, 3.05) is 11.9 Å². The average Bonchev–Trinajstić information content (AvgIpc) is 2.88. The lowest BCUT2D eigenvalue weighted by molar-refractivity contribution is -0.117. The Bertz CT molecular complexity index is 750. The minimum atomic E-state index is -0.670. The molecule has 2 aromatic rings. The summed E-state index contributed by atoms with van der Waals surface area (Å²) in [4.78, 5) is 26.2. The van der Waals surface area contributed by atoms with Gasteiger partial charge in [0.1, 0.15) is 18.1 Å². The van der Waals surface area contributed by atoms with E-state index in [1.54, 1.807) is 39.8 Å². The predicted molar refractivity (Wildman–Crippen MR) is 87.1 cm³/mol. The first-order valence-corrected chi connectivity index (χ1v) is 7.48. The van der Waals surface area contributed by atoms with Crippen molar-refractivity contribution in [1.82, 2.24) is 10.1 Å². The van der Waals surface area contributed by atoms with Gasteiger partial charge in [0.05, 0.1) is 5.56 Å². The number of anilines is 1. The first kappa shape index (κ1) is 17.7. The third-order valence-electron chi connectivity index (χ3n) is 3.36. The Kier molecular flexibility index (Phi) is 5.02. The molecule has 0 radical (unpaired) electrons. The highest BCUT2D eigenvalue weighted by molar-refractivity contribution is 5.99. The van der Waals surface area contributed by atoms with Crippen molar-refractivity contribution in [2.24, 2.45) is 0 Å². The van der Waals surface area contributed by atoms with E-state index in [-0.39, 0.29) is 17.9 Å². The normalized spacial score (nSPS) is 11.2. The maximum atomic E-state index is 13.9. The molecule has 1 aromatic heterocycles. The van der Waals surface area contributed by atoms with E-state index in [1.807, 2.05) is 0 Å². The summed E-state index contributed by atoms with van der Waals surface area (Å²) in [6.45, 7) is 6.80. The number of carbonyl (C=O) groups is 2. The van der Waals surface area contributed by atoms with Gasteiger partial charge in [-0.2, -0.15) is 0 Å². The second-order valence-electron chi connectivity index (χ2n) is 6.41. The number of halogens is 1. The molecule has 7 heteroatoms. The second-order valence-corrected chi connectivity index (χ2v) is 6.41. The van der Waals surface area contributed by atoms with Crippen LogP contribution in [0.1, 0.15) is 36.9 Å². The van der Waals surface area contributed by atoms with Gasteiger partial charge in [-0.15, -0.1) is 0 Å². The number of amides is 2. The second kappa shape index (κ2) is 6.82. The fraction of sp³-hybridized carbons (Fsp3) is 0.353. The number of aromatic nitrogens is 1. The number of benzene rings is 1. The summed E-state index contributed by atoms with van der Waals surface area (Å²) in [6.07, 6.45) is 0. The van der Waals surface area contributed by atoms with Crippen LogP contribution in [0.2, 0.25) is 0 Å². The third-order valence-corrected chi connectivity index (χ3v) is 3.36. The van der Waals surface area contributed by atoms with E-state index in [0.29, 0.717) is 5.76 Å². The molecule has 2 rings (SSSR count). The summed E-state index contributed by atoms with van der Waals surface area (Å²) in [5.74, 6) is -0.788. The lowest BCUT2D eigenvalue weighted by Gasteiger charge is -2.35. The fourth-order valence-corrected chi connectivity index (χ4v) is 2.14. The van der Waals surface area contributed by atoms with Gasteiger partial charge in [-0.1, -0.05) is 17.3 Å². The quantitative estimate of drug-likeness (QED) is 0.933. The number of hydrogen-bond donors (Lipinski definition) is 1. The number of hydrogen-bond acceptors (Lipinski definition) is 4. The molecule has 0 saturated carbocycles. The van der Waals surface area contributed by atoms with Crippen LogP contribution in [0.15, 0.2) is 34.9 Å². The number of rotatable bonds is 4. The van der Waals surface area contributed by atoms with E-state index in [9.17, 15) is 14.0 Å². The zero-order valence-electron chi connectivity index (χ0n) is 14.1. The Morgan fingerprint density at radius 3 is 2.50 bits per heavy atom. The minimum Gasteiger partial charge on any atom is -0.360 e. The highest BCUT2D eigenvalue weighted by Gasteiger charge is 2.30. The Balaban J connectivity index is 2.18. The summed E-state index contributed by atoms with van der Waals surface area (Å²) in [5, 5.41) is 6.23. The molecule has 24 heavy (non-hydrogen) atoms. The zero-order chi connectivity index (χ0) is 17.9. The zero-order valence-corrected chi connectivity index (χ0v) is 14.1. The Hall–Kier alpha value is -2.70. The molecule has 6 nitrogen and oxygen atoms in total. The van der Waals surface area contributed by atoms with Crippen LogP contribution in [0.4, 0.5) is 10.2 Å². The van der Waals surface area contributed by atoms with Gasteiger partial charge in [-0.05, 0) is 39.8 Å². The monoisotopic (exact) mass is 333 g/mol. The van der Waals surface area contributed by atoms with Gasteiger partial charge in [0.2, 0.25) is 5.91 Å². The van der Waals surface area contributed by atoms with Gasteiger partial charge in [0, 0.05) is 11.6 Å². The smallest absolute Gasteiger partial charge is 0.257 e. The van der Waals surface area contributed by atoms with E-state index in [2.05, 4.69) is 10.5 Å². The number of aryl methyl sites for hydroxylation is 1. The molecule has 1 heterocycles. The van der Waals surface area contributed by atoms with Crippen molar-refractivity contribution < 1.29 is 18.5 Å². The summed E-state index contributed by atoms with van der Waals surface area (Å²) >= 11 is 0. The number of carbonyl (C=O) groups excluding carboxylic acids is 2. The highest BCUT2D eigenvalue weighted by atomic mass is 19.1. The van der Waals surface area contributed by atoms with Crippen LogP contribution in [0, 0.1) is 12.7 Å². The van der Waals surface area contributed by atoms with Gasteiger partial charge in [0.25, 0.3) is 5.91 Å². The van der Waals surface area contributed by atoms with Crippen molar-refractivity contribution >= 4 is 17.6 Å². The van der Waals surface area contributed by atoms with Gasteiger partial charge in [-0.25, -0.2) is 4.39 Å². The highest BCUT2D eigenvalue weighted by Crippen LogP contribution is 2.19. The first-order chi connectivity index (χ1) is 11.2. The Morgan fingerprint density at radius 2 is 1.96 bits per heavy atom. The van der Waals surface area contributed by atoms with Crippen molar-refractivity contribution in [3.63, 3.8) is 0 Å². The molecule has 0 aliphatic heterocycles. The fourth-order valence-electron chi connectivity index (χ4n) is 2.14. The van der Waals surface area contributed by atoms with E-state index in [1.165, 1.54) is 23.1 Å². The molecule has 0 unspecified atom stereocenters. The molecule has 0 aliphatic rings. The lowest BCUT2D eigenvalue weighted by Crippen LogP contribution is -2.49. The minimum absolute atomic E-state index is 0.0718. The van der Waals surface area contributed by atoms with Crippen molar-refractivity contribution in [3.05, 3.63) is 47.5 Å². The summed E-state index contributed by atoms with van der Waals surface area (Å²) in [7, 11) is 0. The van der Waals surface area contributed by atoms with Crippen LogP contribution >= 0.6 is 0 Å². The molecule has 0 bridgehead atoms. The lowest BCUT2D eigenvalue weighted by atomic mass is 10.0. The molecule has 0 saturated heterocycles. The largest absolute Gasteiger partial charge is 0.360 e. The standard InChI is InChI=1S/C17H20FN3O3/c1-11-9-14(20-24-11)19-15(22)10-21(17(2,3)4)16(23)12-7-5-6-8-13(12)18/h5-9H,10H2,1-4H3,(H,19,20,22). The Morgan fingerprint density at radius 1 is 1.29 bits per heavy atom. The van der Waals surface area contributed by atoms with Crippen LogP contribution in [0.25, 0.3) is 0 Å². The number of nitrogens with one attached hydrogen (secondary N) is 1. The maximum Gasteiger partial charge on any atom is 0.257 e. The molecule has 2 amide bonds. The molecule has 0 aliphatic carbocycles. The van der Waals surface area contributed by atoms with Gasteiger partial charge in [-0.3, -0.25) is 9.59 Å². The average molecular weight is 333 g/mol. The van der Waals surface area contributed by atoms with E-state index < -0.39 is 23.2 Å². The van der Waals surface area contributed by atoms with Crippen LogP contribution in [-0.4, -0.2) is 34.0 Å². The molecule has 128 valence electrons. The van der Waals surface area contributed by atoms with E-state index >= 15 is 0 Å². The Labute approximate surface area is 139 Å². The molecule has 1 aromatic carbocycles. The van der Waals surface area contributed by atoms with Crippen molar-refractivity contribution in [1.29, 1.82) is 0 Å². The third kappa shape index (κ3) is 4.18.